The molecule has 0 radical (unpaired) electrons. The number of carboxylic acid groups (broad SMARTS) is 1. The van der Waals surface area contributed by atoms with Crippen molar-refractivity contribution < 1.29 is 19.5 Å². The molecule has 0 rings (SSSR count). The van der Waals surface area contributed by atoms with Crippen LogP contribution in [0.25, 0.3) is 0 Å². The first kappa shape index (κ1) is 17.9. The van der Waals surface area contributed by atoms with Crippen molar-refractivity contribution in [2.24, 2.45) is 0 Å². The summed E-state index contributed by atoms with van der Waals surface area (Å²) >= 11 is 0. The predicted octanol–water partition coefficient (Wildman–Crippen LogP) is 0.573. The molecule has 1 unspecified atom stereocenters. The average molecular weight is 285 g/mol. The second-order valence-electron chi connectivity index (χ2n) is 4.42. The number of nitrogens with one attached hydrogen (secondary N) is 2. The van der Waals surface area contributed by atoms with E-state index in [-0.39, 0.29) is 31.5 Å². The highest BCUT2D eigenvalue weighted by Gasteiger charge is 2.15. The Bertz CT molecular complexity index is 358. The highest BCUT2D eigenvalue weighted by molar-refractivity contribution is 5.81. The minimum Gasteiger partial charge on any atom is -0.480 e. The van der Waals surface area contributed by atoms with Crippen molar-refractivity contribution >= 4 is 17.9 Å². The number of carbonyl (C=O) groups is 3. The van der Waals surface area contributed by atoms with Crippen LogP contribution in [0.3, 0.4) is 0 Å². The van der Waals surface area contributed by atoms with E-state index in [0.29, 0.717) is 0 Å². The maximum Gasteiger partial charge on any atom is 0.323 e. The van der Waals surface area contributed by atoms with Gasteiger partial charge in [0.1, 0.15) is 6.54 Å². The van der Waals surface area contributed by atoms with E-state index >= 15 is 0 Å². The molecule has 0 spiro atoms. The number of hydrogen-bond acceptors (Lipinski definition) is 3. The smallest absolute Gasteiger partial charge is 0.323 e. The molecule has 0 saturated heterocycles. The molecule has 3 amide bonds. The maximum atomic E-state index is 11.7. The van der Waals surface area contributed by atoms with Crippen molar-refractivity contribution in [3.8, 4) is 0 Å². The van der Waals surface area contributed by atoms with Crippen molar-refractivity contribution in [3.63, 3.8) is 0 Å². The van der Waals surface area contributed by atoms with Gasteiger partial charge in [-0.25, -0.2) is 4.79 Å². The molecule has 0 aliphatic heterocycles. The number of hydrogen-bond donors (Lipinski definition) is 3. The topological polar surface area (TPSA) is 98.7 Å². The summed E-state index contributed by atoms with van der Waals surface area (Å²) in [4.78, 5) is 34.9. The van der Waals surface area contributed by atoms with E-state index in [1.54, 1.807) is 0 Å². The number of rotatable bonds is 9. The van der Waals surface area contributed by atoms with Crippen molar-refractivity contribution in [3.05, 3.63) is 12.7 Å². The Morgan fingerprint density at radius 3 is 2.55 bits per heavy atom. The Morgan fingerprint density at radius 2 is 2.05 bits per heavy atom. The van der Waals surface area contributed by atoms with Gasteiger partial charge >= 0.3 is 12.0 Å². The third kappa shape index (κ3) is 8.12. The number of nitrogens with zero attached hydrogens (tertiary/aromatic N) is 1. The lowest BCUT2D eigenvalue weighted by atomic mass is 10.2. The Kier molecular flexibility index (Phi) is 8.82. The monoisotopic (exact) mass is 285 g/mol. The van der Waals surface area contributed by atoms with Crippen LogP contribution in [0.4, 0.5) is 4.79 Å². The van der Waals surface area contributed by atoms with Crippen molar-refractivity contribution in [1.29, 1.82) is 0 Å². The first-order valence-electron chi connectivity index (χ1n) is 6.55. The van der Waals surface area contributed by atoms with Crippen LogP contribution >= 0.6 is 0 Å². The highest BCUT2D eigenvalue weighted by Crippen LogP contribution is 1.92. The Hall–Kier alpha value is -2.05. The molecule has 0 fully saturated rings. The number of carboxylic acids is 1. The van der Waals surface area contributed by atoms with E-state index in [1.807, 2.05) is 13.8 Å². The standard InChI is InChI=1S/C13H23N3O4/c1-4-8-16(9-12(18)19)13(20)14-7-6-11(17)15-10(3)5-2/h4,10H,1,5-9H2,2-3H3,(H,14,20)(H,15,17)(H,18,19). The Labute approximate surface area is 119 Å². The lowest BCUT2D eigenvalue weighted by molar-refractivity contribution is -0.137. The van der Waals surface area contributed by atoms with Crippen LogP contribution in [0.1, 0.15) is 26.7 Å². The zero-order chi connectivity index (χ0) is 15.5. The fourth-order valence-corrected chi connectivity index (χ4v) is 1.38. The summed E-state index contributed by atoms with van der Waals surface area (Å²) in [7, 11) is 0. The van der Waals surface area contributed by atoms with Gasteiger partial charge in [-0.05, 0) is 13.3 Å². The number of urea groups is 1. The maximum absolute atomic E-state index is 11.7. The molecule has 3 N–H and O–H groups in total. The third-order valence-electron chi connectivity index (χ3n) is 2.61. The van der Waals surface area contributed by atoms with Crippen LogP contribution in [0.2, 0.25) is 0 Å². The van der Waals surface area contributed by atoms with Crippen LogP contribution in [-0.2, 0) is 9.59 Å². The zero-order valence-corrected chi connectivity index (χ0v) is 12.0. The lowest BCUT2D eigenvalue weighted by Crippen LogP contribution is -2.44. The van der Waals surface area contributed by atoms with Crippen LogP contribution in [0.5, 0.6) is 0 Å². The van der Waals surface area contributed by atoms with Crippen molar-refractivity contribution in [2.75, 3.05) is 19.6 Å². The van der Waals surface area contributed by atoms with Crippen LogP contribution < -0.4 is 10.6 Å². The molecule has 0 bridgehead atoms. The predicted molar refractivity (Wildman–Crippen MR) is 75.3 cm³/mol. The zero-order valence-electron chi connectivity index (χ0n) is 12.0. The van der Waals surface area contributed by atoms with E-state index in [1.165, 1.54) is 6.08 Å². The van der Waals surface area contributed by atoms with Gasteiger partial charge in [-0.15, -0.1) is 6.58 Å². The van der Waals surface area contributed by atoms with Crippen LogP contribution in [0.15, 0.2) is 12.7 Å². The van der Waals surface area contributed by atoms with Crippen molar-refractivity contribution in [1.82, 2.24) is 15.5 Å². The van der Waals surface area contributed by atoms with E-state index in [4.69, 9.17) is 5.11 Å². The van der Waals surface area contributed by atoms with Crippen molar-refractivity contribution in [2.45, 2.75) is 32.7 Å². The summed E-state index contributed by atoms with van der Waals surface area (Å²) in [5.41, 5.74) is 0. The fourth-order valence-electron chi connectivity index (χ4n) is 1.38. The van der Waals surface area contributed by atoms with E-state index in [0.717, 1.165) is 11.3 Å². The molecule has 0 aliphatic rings. The van der Waals surface area contributed by atoms with Gasteiger partial charge in [0, 0.05) is 25.6 Å². The summed E-state index contributed by atoms with van der Waals surface area (Å²) in [6.07, 6.45) is 2.44. The number of carbonyl (C=O) groups excluding carboxylic acids is 2. The lowest BCUT2D eigenvalue weighted by Gasteiger charge is -2.19. The largest absolute Gasteiger partial charge is 0.480 e. The summed E-state index contributed by atoms with van der Waals surface area (Å²) < 4.78 is 0. The Morgan fingerprint density at radius 1 is 1.40 bits per heavy atom. The average Bonchev–Trinajstić information content (AvgIpc) is 2.37. The third-order valence-corrected chi connectivity index (χ3v) is 2.61. The second-order valence-corrected chi connectivity index (χ2v) is 4.42. The molecule has 0 aromatic rings. The molecule has 0 aromatic carbocycles. The van der Waals surface area contributed by atoms with Crippen LogP contribution in [0, 0.1) is 0 Å². The second kappa shape index (κ2) is 9.82. The van der Waals surface area contributed by atoms with E-state index in [2.05, 4.69) is 17.2 Å². The summed E-state index contributed by atoms with van der Waals surface area (Å²) in [5.74, 6) is -1.25. The summed E-state index contributed by atoms with van der Waals surface area (Å²) in [5, 5.41) is 14.0. The van der Waals surface area contributed by atoms with Gasteiger partial charge in [-0.3, -0.25) is 9.59 Å². The summed E-state index contributed by atoms with van der Waals surface area (Å²) in [6.45, 7) is 7.22. The SMILES string of the molecule is C=CCN(CC(=O)O)C(=O)NCCC(=O)NC(C)CC. The van der Waals surface area contributed by atoms with E-state index in [9.17, 15) is 14.4 Å². The van der Waals surface area contributed by atoms with Crippen LogP contribution in [-0.4, -0.2) is 53.6 Å². The van der Waals surface area contributed by atoms with Gasteiger partial charge in [0.25, 0.3) is 0 Å². The molecular formula is C13H23N3O4. The quantitative estimate of drug-likeness (QED) is 0.539. The molecule has 1 atom stereocenters. The normalized spacial score (nSPS) is 11.3. The molecule has 7 nitrogen and oxygen atoms in total. The first-order valence-corrected chi connectivity index (χ1v) is 6.55. The first-order chi connectivity index (χ1) is 9.40. The number of amides is 3. The minimum absolute atomic E-state index is 0.0995. The number of aliphatic carboxylic acids is 1. The molecule has 0 heterocycles. The molecule has 0 aliphatic carbocycles. The highest BCUT2D eigenvalue weighted by atomic mass is 16.4. The molecule has 0 saturated carbocycles. The van der Waals surface area contributed by atoms with Gasteiger partial charge < -0.3 is 20.6 Å². The molecular weight excluding hydrogens is 262 g/mol. The van der Waals surface area contributed by atoms with E-state index < -0.39 is 18.5 Å². The molecule has 20 heavy (non-hydrogen) atoms. The van der Waals surface area contributed by atoms with Gasteiger partial charge in [0.05, 0.1) is 0 Å². The molecule has 114 valence electrons. The van der Waals surface area contributed by atoms with Gasteiger partial charge in [-0.1, -0.05) is 13.0 Å². The van der Waals surface area contributed by atoms with Gasteiger partial charge in [-0.2, -0.15) is 0 Å². The minimum atomic E-state index is -1.10. The molecule has 7 heteroatoms. The van der Waals surface area contributed by atoms with Gasteiger partial charge in [0.2, 0.25) is 5.91 Å². The molecule has 0 aromatic heterocycles. The summed E-state index contributed by atoms with van der Waals surface area (Å²) in [6, 6.07) is -0.425. The Balaban J connectivity index is 4.08. The fraction of sp³-hybridized carbons (Fsp3) is 0.615. The van der Waals surface area contributed by atoms with Gasteiger partial charge in [0.15, 0.2) is 0 Å².